The third-order valence-electron chi connectivity index (χ3n) is 4.17. The lowest BCUT2D eigenvalue weighted by atomic mass is 9.77. The molecule has 1 atom stereocenters. The van der Waals surface area contributed by atoms with Crippen molar-refractivity contribution in [2.45, 2.75) is 45.3 Å². The summed E-state index contributed by atoms with van der Waals surface area (Å²) < 4.78 is 19.1. The topological polar surface area (TPSA) is 21.3 Å². The molecule has 2 rings (SSSR count). The number of benzene rings is 1. The molecule has 0 aliphatic heterocycles. The van der Waals surface area contributed by atoms with E-state index in [-0.39, 0.29) is 11.9 Å². The largest absolute Gasteiger partial charge is 0.378 e. The Labute approximate surface area is 125 Å². The Morgan fingerprint density at radius 1 is 1.45 bits per heavy atom. The van der Waals surface area contributed by atoms with Crippen LogP contribution in [0.5, 0.6) is 0 Å². The minimum absolute atomic E-state index is 0.175. The van der Waals surface area contributed by atoms with Crippen molar-refractivity contribution in [2.24, 2.45) is 5.92 Å². The molecule has 0 radical (unpaired) electrons. The molecule has 4 heteroatoms. The molecule has 1 aromatic carbocycles. The van der Waals surface area contributed by atoms with Gasteiger partial charge in [-0.15, -0.1) is 0 Å². The molecule has 0 amide bonds. The number of rotatable bonds is 6. The first kappa shape index (κ1) is 15.7. The SMILES string of the molecule is CCOC1CC(CC(NC)c2cc(C)c(F)cc2Cl)C1. The maximum absolute atomic E-state index is 13.5. The van der Waals surface area contributed by atoms with E-state index in [1.54, 1.807) is 6.92 Å². The van der Waals surface area contributed by atoms with Crippen molar-refractivity contribution < 1.29 is 9.13 Å². The normalized spacial score (nSPS) is 23.4. The Kier molecular flexibility index (Phi) is 5.42. The van der Waals surface area contributed by atoms with Crippen molar-refractivity contribution in [1.29, 1.82) is 0 Å². The van der Waals surface area contributed by atoms with E-state index < -0.39 is 0 Å². The summed E-state index contributed by atoms with van der Waals surface area (Å²) in [5.41, 5.74) is 1.64. The van der Waals surface area contributed by atoms with Gasteiger partial charge in [0.15, 0.2) is 0 Å². The van der Waals surface area contributed by atoms with Crippen LogP contribution in [0, 0.1) is 18.7 Å². The molecular formula is C16H23ClFNO. The lowest BCUT2D eigenvalue weighted by Crippen LogP contribution is -2.34. The maximum atomic E-state index is 13.5. The molecule has 20 heavy (non-hydrogen) atoms. The predicted octanol–water partition coefficient (Wildman–Crippen LogP) is 4.25. The molecule has 1 saturated carbocycles. The first-order chi connectivity index (χ1) is 9.55. The van der Waals surface area contributed by atoms with Gasteiger partial charge in [-0.1, -0.05) is 17.7 Å². The number of hydrogen-bond acceptors (Lipinski definition) is 2. The van der Waals surface area contributed by atoms with Crippen molar-refractivity contribution in [1.82, 2.24) is 5.32 Å². The molecule has 2 nitrogen and oxygen atoms in total. The van der Waals surface area contributed by atoms with E-state index in [1.807, 2.05) is 20.0 Å². The van der Waals surface area contributed by atoms with E-state index in [2.05, 4.69) is 5.32 Å². The van der Waals surface area contributed by atoms with Crippen LogP contribution in [-0.2, 0) is 4.74 Å². The van der Waals surface area contributed by atoms with Crippen molar-refractivity contribution in [2.75, 3.05) is 13.7 Å². The Morgan fingerprint density at radius 3 is 2.75 bits per heavy atom. The predicted molar refractivity (Wildman–Crippen MR) is 80.7 cm³/mol. The number of halogens is 2. The van der Waals surface area contributed by atoms with Gasteiger partial charge in [-0.3, -0.25) is 0 Å². The minimum Gasteiger partial charge on any atom is -0.378 e. The Bertz CT molecular complexity index is 460. The summed E-state index contributed by atoms with van der Waals surface area (Å²) in [6, 6.07) is 3.45. The Hall–Kier alpha value is -0.640. The molecule has 112 valence electrons. The number of aryl methyl sites for hydroxylation is 1. The van der Waals surface area contributed by atoms with E-state index in [0.29, 0.717) is 22.6 Å². The monoisotopic (exact) mass is 299 g/mol. The number of nitrogens with one attached hydrogen (secondary N) is 1. The molecule has 1 unspecified atom stereocenters. The van der Waals surface area contributed by atoms with Gasteiger partial charge in [-0.2, -0.15) is 0 Å². The summed E-state index contributed by atoms with van der Waals surface area (Å²) in [5.74, 6) is 0.416. The zero-order chi connectivity index (χ0) is 14.7. The summed E-state index contributed by atoms with van der Waals surface area (Å²) in [6.07, 6.45) is 3.67. The molecule has 1 N–H and O–H groups in total. The third kappa shape index (κ3) is 3.51. The first-order valence-electron chi connectivity index (χ1n) is 7.29. The van der Waals surface area contributed by atoms with Crippen LogP contribution in [0.25, 0.3) is 0 Å². The lowest BCUT2D eigenvalue weighted by Gasteiger charge is -2.37. The highest BCUT2D eigenvalue weighted by Crippen LogP contribution is 2.38. The second kappa shape index (κ2) is 6.88. The van der Waals surface area contributed by atoms with E-state index in [1.165, 1.54) is 6.07 Å². The van der Waals surface area contributed by atoms with Gasteiger partial charge < -0.3 is 10.1 Å². The zero-order valence-corrected chi connectivity index (χ0v) is 13.1. The highest BCUT2D eigenvalue weighted by molar-refractivity contribution is 6.31. The van der Waals surface area contributed by atoms with Gasteiger partial charge in [0, 0.05) is 17.7 Å². The fourth-order valence-electron chi connectivity index (χ4n) is 2.92. The quantitative estimate of drug-likeness (QED) is 0.848. The average molecular weight is 300 g/mol. The van der Waals surface area contributed by atoms with Gasteiger partial charge >= 0.3 is 0 Å². The molecular weight excluding hydrogens is 277 g/mol. The number of ether oxygens (including phenoxy) is 1. The van der Waals surface area contributed by atoms with Crippen LogP contribution in [0.1, 0.15) is 43.4 Å². The van der Waals surface area contributed by atoms with E-state index in [9.17, 15) is 4.39 Å². The van der Waals surface area contributed by atoms with Crippen LogP contribution in [-0.4, -0.2) is 19.8 Å². The average Bonchev–Trinajstić information content (AvgIpc) is 2.37. The standard InChI is InChI=1S/C16H23ClFNO/c1-4-20-12-6-11(7-12)8-16(19-3)13-5-10(2)15(18)9-14(13)17/h5,9,11-12,16,19H,4,6-8H2,1-3H3. The molecule has 1 aliphatic carbocycles. The molecule has 1 aromatic rings. The maximum Gasteiger partial charge on any atom is 0.127 e. The van der Waals surface area contributed by atoms with Crippen LogP contribution >= 0.6 is 11.6 Å². The van der Waals surface area contributed by atoms with E-state index in [0.717, 1.165) is 31.4 Å². The fourth-order valence-corrected chi connectivity index (χ4v) is 3.20. The Balaban J connectivity index is 2.01. The summed E-state index contributed by atoms with van der Waals surface area (Å²) in [5, 5.41) is 3.81. The lowest BCUT2D eigenvalue weighted by molar-refractivity contribution is -0.0289. The summed E-state index contributed by atoms with van der Waals surface area (Å²) in [4.78, 5) is 0. The van der Waals surface area contributed by atoms with Crippen molar-refractivity contribution in [3.8, 4) is 0 Å². The van der Waals surface area contributed by atoms with Crippen LogP contribution < -0.4 is 5.32 Å². The molecule has 0 aromatic heterocycles. The van der Waals surface area contributed by atoms with Crippen LogP contribution in [0.2, 0.25) is 5.02 Å². The van der Waals surface area contributed by atoms with Gasteiger partial charge in [-0.25, -0.2) is 4.39 Å². The second-order valence-corrected chi connectivity index (χ2v) is 6.02. The first-order valence-corrected chi connectivity index (χ1v) is 7.67. The fraction of sp³-hybridized carbons (Fsp3) is 0.625. The molecule has 0 saturated heterocycles. The Morgan fingerprint density at radius 2 is 2.15 bits per heavy atom. The van der Waals surface area contributed by atoms with Gasteiger partial charge in [0.1, 0.15) is 5.82 Å². The van der Waals surface area contributed by atoms with Gasteiger partial charge in [0.05, 0.1) is 6.10 Å². The molecule has 0 heterocycles. The third-order valence-corrected chi connectivity index (χ3v) is 4.49. The highest BCUT2D eigenvalue weighted by Gasteiger charge is 2.32. The summed E-state index contributed by atoms with van der Waals surface area (Å²) in [7, 11) is 1.93. The van der Waals surface area contributed by atoms with Gasteiger partial charge in [0.2, 0.25) is 0 Å². The van der Waals surface area contributed by atoms with Crippen molar-refractivity contribution in [3.05, 3.63) is 34.1 Å². The van der Waals surface area contributed by atoms with E-state index in [4.69, 9.17) is 16.3 Å². The summed E-state index contributed by atoms with van der Waals surface area (Å²) in [6.45, 7) is 4.59. The van der Waals surface area contributed by atoms with Crippen LogP contribution in [0.3, 0.4) is 0 Å². The highest BCUT2D eigenvalue weighted by atomic mass is 35.5. The van der Waals surface area contributed by atoms with Crippen LogP contribution in [0.15, 0.2) is 12.1 Å². The molecule has 0 bridgehead atoms. The van der Waals surface area contributed by atoms with E-state index >= 15 is 0 Å². The minimum atomic E-state index is -0.242. The smallest absolute Gasteiger partial charge is 0.127 e. The van der Waals surface area contributed by atoms with Crippen molar-refractivity contribution >= 4 is 11.6 Å². The molecule has 1 fully saturated rings. The van der Waals surface area contributed by atoms with Crippen molar-refractivity contribution in [3.63, 3.8) is 0 Å². The zero-order valence-electron chi connectivity index (χ0n) is 12.4. The van der Waals surface area contributed by atoms with Gasteiger partial charge in [0.25, 0.3) is 0 Å². The number of hydrogen-bond donors (Lipinski definition) is 1. The summed E-state index contributed by atoms with van der Waals surface area (Å²) >= 11 is 6.19. The molecule has 0 spiro atoms. The van der Waals surface area contributed by atoms with Crippen LogP contribution in [0.4, 0.5) is 4.39 Å². The second-order valence-electron chi connectivity index (χ2n) is 5.61. The molecule has 1 aliphatic rings. The van der Waals surface area contributed by atoms with Gasteiger partial charge in [-0.05, 0) is 63.3 Å².